The van der Waals surface area contributed by atoms with Gasteiger partial charge in [-0.1, -0.05) is 0 Å². The van der Waals surface area contributed by atoms with E-state index in [1.165, 1.54) is 5.56 Å². The molecule has 4 heteroatoms. The highest BCUT2D eigenvalue weighted by atomic mass is 16.5. The lowest BCUT2D eigenvalue weighted by atomic mass is 10.1. The van der Waals surface area contributed by atoms with Gasteiger partial charge in [-0.25, -0.2) is 0 Å². The number of morpholine rings is 1. The largest absolute Gasteiger partial charge is 0.379 e. The monoisotopic (exact) mass is 181 g/mol. The molecule has 0 radical (unpaired) electrons. The van der Waals surface area contributed by atoms with E-state index in [-0.39, 0.29) is 0 Å². The third-order valence-electron chi connectivity index (χ3n) is 2.40. The molecule has 0 saturated carbocycles. The number of nitrogens with one attached hydrogen (secondary N) is 2. The summed E-state index contributed by atoms with van der Waals surface area (Å²) < 4.78 is 5.38. The standard InChI is InChI=1S/C9H15N3O/c1-7-8(5-11-12-7)4-9-6-13-3-2-10-9/h5,9-10H,2-4,6H2,1H3,(H,11,12). The molecule has 2 N–H and O–H groups in total. The van der Waals surface area contributed by atoms with Crippen molar-refractivity contribution in [1.82, 2.24) is 15.5 Å². The maximum absolute atomic E-state index is 5.38. The van der Waals surface area contributed by atoms with Gasteiger partial charge in [0.1, 0.15) is 0 Å². The molecule has 1 aliphatic rings. The number of rotatable bonds is 2. The zero-order valence-electron chi connectivity index (χ0n) is 7.84. The Kier molecular flexibility index (Phi) is 2.61. The van der Waals surface area contributed by atoms with Gasteiger partial charge in [0.15, 0.2) is 0 Å². The van der Waals surface area contributed by atoms with E-state index < -0.39 is 0 Å². The summed E-state index contributed by atoms with van der Waals surface area (Å²) in [7, 11) is 0. The first kappa shape index (κ1) is 8.72. The van der Waals surface area contributed by atoms with Gasteiger partial charge < -0.3 is 10.1 Å². The Bertz CT molecular complexity index is 266. The molecule has 1 fully saturated rings. The Hall–Kier alpha value is -0.870. The first-order chi connectivity index (χ1) is 6.36. The molecule has 13 heavy (non-hydrogen) atoms. The van der Waals surface area contributed by atoms with E-state index in [2.05, 4.69) is 15.5 Å². The summed E-state index contributed by atoms with van der Waals surface area (Å²) in [4.78, 5) is 0. The maximum atomic E-state index is 5.38. The lowest BCUT2D eigenvalue weighted by Crippen LogP contribution is -2.42. The van der Waals surface area contributed by atoms with Crippen LogP contribution < -0.4 is 5.32 Å². The molecule has 1 unspecified atom stereocenters. The van der Waals surface area contributed by atoms with Crippen LogP contribution in [0.25, 0.3) is 0 Å². The van der Waals surface area contributed by atoms with E-state index in [1.807, 2.05) is 13.1 Å². The van der Waals surface area contributed by atoms with Crippen LogP contribution in [0.4, 0.5) is 0 Å². The van der Waals surface area contributed by atoms with Crippen LogP contribution in [-0.2, 0) is 11.2 Å². The summed E-state index contributed by atoms with van der Waals surface area (Å²) in [6.07, 6.45) is 2.90. The van der Waals surface area contributed by atoms with E-state index in [4.69, 9.17) is 4.74 Å². The van der Waals surface area contributed by atoms with E-state index in [0.29, 0.717) is 6.04 Å². The molecule has 1 aromatic rings. The summed E-state index contributed by atoms with van der Waals surface area (Å²) in [6, 6.07) is 0.449. The van der Waals surface area contributed by atoms with Crippen molar-refractivity contribution in [3.63, 3.8) is 0 Å². The summed E-state index contributed by atoms with van der Waals surface area (Å²) in [5, 5.41) is 10.4. The first-order valence-electron chi connectivity index (χ1n) is 4.66. The minimum atomic E-state index is 0.449. The first-order valence-corrected chi connectivity index (χ1v) is 4.66. The van der Waals surface area contributed by atoms with Crippen molar-refractivity contribution in [2.75, 3.05) is 19.8 Å². The molecule has 0 bridgehead atoms. The third-order valence-corrected chi connectivity index (χ3v) is 2.40. The molecule has 0 aliphatic carbocycles. The third kappa shape index (κ3) is 2.08. The second kappa shape index (κ2) is 3.89. The fourth-order valence-corrected chi connectivity index (χ4v) is 1.60. The van der Waals surface area contributed by atoms with Crippen LogP contribution >= 0.6 is 0 Å². The van der Waals surface area contributed by atoms with Crippen LogP contribution in [0.2, 0.25) is 0 Å². The number of aromatic amines is 1. The van der Waals surface area contributed by atoms with Crippen molar-refractivity contribution in [1.29, 1.82) is 0 Å². The number of hydrogen-bond acceptors (Lipinski definition) is 3. The molecule has 1 aliphatic heterocycles. The van der Waals surface area contributed by atoms with Crippen molar-refractivity contribution >= 4 is 0 Å². The van der Waals surface area contributed by atoms with Gasteiger partial charge in [0.25, 0.3) is 0 Å². The van der Waals surface area contributed by atoms with E-state index >= 15 is 0 Å². The van der Waals surface area contributed by atoms with E-state index in [9.17, 15) is 0 Å². The molecule has 0 spiro atoms. The molecule has 1 saturated heterocycles. The van der Waals surface area contributed by atoms with E-state index in [1.54, 1.807) is 0 Å². The molecule has 0 aromatic carbocycles. The van der Waals surface area contributed by atoms with Crippen LogP contribution in [0.1, 0.15) is 11.3 Å². The summed E-state index contributed by atoms with van der Waals surface area (Å²) >= 11 is 0. The number of H-pyrrole nitrogens is 1. The quantitative estimate of drug-likeness (QED) is 0.687. The summed E-state index contributed by atoms with van der Waals surface area (Å²) in [5.41, 5.74) is 2.44. The van der Waals surface area contributed by atoms with Gasteiger partial charge in [0, 0.05) is 18.3 Å². The Labute approximate surface area is 77.7 Å². The van der Waals surface area contributed by atoms with Gasteiger partial charge >= 0.3 is 0 Å². The van der Waals surface area contributed by atoms with Crippen molar-refractivity contribution in [3.8, 4) is 0 Å². The van der Waals surface area contributed by atoms with Crippen LogP contribution in [-0.4, -0.2) is 36.0 Å². The minimum Gasteiger partial charge on any atom is -0.379 e. The molecule has 72 valence electrons. The lowest BCUT2D eigenvalue weighted by Gasteiger charge is -2.23. The number of aryl methyl sites for hydroxylation is 1. The second-order valence-corrected chi connectivity index (χ2v) is 3.45. The van der Waals surface area contributed by atoms with Crippen molar-refractivity contribution in [2.45, 2.75) is 19.4 Å². The summed E-state index contributed by atoms with van der Waals surface area (Å²) in [6.45, 7) is 4.65. The smallest absolute Gasteiger partial charge is 0.0623 e. The van der Waals surface area contributed by atoms with E-state index in [0.717, 1.165) is 31.9 Å². The zero-order valence-corrected chi connectivity index (χ0v) is 7.84. The topological polar surface area (TPSA) is 49.9 Å². The molecule has 4 nitrogen and oxygen atoms in total. The second-order valence-electron chi connectivity index (χ2n) is 3.45. The Balaban J connectivity index is 1.93. The minimum absolute atomic E-state index is 0.449. The Morgan fingerprint density at radius 1 is 1.69 bits per heavy atom. The van der Waals surface area contributed by atoms with Crippen LogP contribution in [0.5, 0.6) is 0 Å². The number of nitrogens with zero attached hydrogens (tertiary/aromatic N) is 1. The highest BCUT2D eigenvalue weighted by Gasteiger charge is 2.14. The highest BCUT2D eigenvalue weighted by molar-refractivity contribution is 5.15. The van der Waals surface area contributed by atoms with Gasteiger partial charge in [0.05, 0.1) is 19.4 Å². The molecule has 2 rings (SSSR count). The average molecular weight is 181 g/mol. The van der Waals surface area contributed by atoms with Gasteiger partial charge in [-0.2, -0.15) is 5.10 Å². The van der Waals surface area contributed by atoms with Gasteiger partial charge in [-0.05, 0) is 18.9 Å². The zero-order chi connectivity index (χ0) is 9.10. The van der Waals surface area contributed by atoms with Crippen LogP contribution in [0, 0.1) is 6.92 Å². The Morgan fingerprint density at radius 2 is 2.62 bits per heavy atom. The number of ether oxygens (including phenoxy) is 1. The molecular weight excluding hydrogens is 166 g/mol. The fourth-order valence-electron chi connectivity index (χ4n) is 1.60. The average Bonchev–Trinajstić information content (AvgIpc) is 2.54. The molecule has 1 atom stereocenters. The van der Waals surface area contributed by atoms with Crippen molar-refractivity contribution < 1.29 is 4.74 Å². The SMILES string of the molecule is Cc1[nH]ncc1CC1COCCN1. The predicted octanol–water partition coefficient (Wildman–Crippen LogP) is 0.249. The molecular formula is C9H15N3O. The number of hydrogen-bond donors (Lipinski definition) is 2. The van der Waals surface area contributed by atoms with Crippen molar-refractivity contribution in [3.05, 3.63) is 17.5 Å². The van der Waals surface area contributed by atoms with Gasteiger partial charge in [0.2, 0.25) is 0 Å². The maximum Gasteiger partial charge on any atom is 0.0623 e. The normalized spacial score (nSPS) is 23.3. The van der Waals surface area contributed by atoms with Crippen LogP contribution in [0.3, 0.4) is 0 Å². The highest BCUT2D eigenvalue weighted by Crippen LogP contribution is 2.07. The predicted molar refractivity (Wildman–Crippen MR) is 49.6 cm³/mol. The van der Waals surface area contributed by atoms with Gasteiger partial charge in [-0.3, -0.25) is 5.10 Å². The van der Waals surface area contributed by atoms with Gasteiger partial charge in [-0.15, -0.1) is 0 Å². The lowest BCUT2D eigenvalue weighted by molar-refractivity contribution is 0.0770. The molecule has 1 aromatic heterocycles. The van der Waals surface area contributed by atoms with Crippen molar-refractivity contribution in [2.24, 2.45) is 0 Å². The number of aromatic nitrogens is 2. The Morgan fingerprint density at radius 3 is 3.23 bits per heavy atom. The fraction of sp³-hybridized carbons (Fsp3) is 0.667. The molecule has 0 amide bonds. The molecule has 2 heterocycles. The van der Waals surface area contributed by atoms with Crippen LogP contribution in [0.15, 0.2) is 6.20 Å². The summed E-state index contributed by atoms with van der Waals surface area (Å²) in [5.74, 6) is 0.